The number of rotatable bonds is 0. The molecule has 0 spiro atoms. The third-order valence-corrected chi connectivity index (χ3v) is 0. The summed E-state index contributed by atoms with van der Waals surface area (Å²) in [4.78, 5) is 0. The average molecular weight is 50.0 g/mol. The minimum atomic E-state index is 0. The van der Waals surface area contributed by atoms with E-state index in [1.54, 1.807) is 0 Å². The van der Waals surface area contributed by atoms with Gasteiger partial charge in [0.05, 0.1) is 0 Å². The minimum absolute atomic E-state index is 0. The van der Waals surface area contributed by atoms with Gasteiger partial charge in [-0.3, -0.25) is 0 Å². The van der Waals surface area contributed by atoms with Crippen molar-refractivity contribution in [3.05, 3.63) is 0 Å². The van der Waals surface area contributed by atoms with Gasteiger partial charge in [-0.15, -0.1) is 0 Å². The molecule has 4 heavy (non-hydrogen) atoms. The van der Waals surface area contributed by atoms with Crippen LogP contribution in [0.25, 0.3) is 0 Å². The Morgan fingerprint density at radius 1 is 2.00 bits per heavy atom. The van der Waals surface area contributed by atoms with E-state index in [1.807, 2.05) is 0 Å². The van der Waals surface area contributed by atoms with Crippen LogP contribution in [0.15, 0.2) is 0 Å². The van der Waals surface area contributed by atoms with E-state index >= 15 is 0 Å². The second-order valence-electron chi connectivity index (χ2n) is 0.129. The summed E-state index contributed by atoms with van der Waals surface area (Å²) >= 11 is 0. The van der Waals surface area contributed by atoms with Crippen LogP contribution in [0.5, 0.6) is 0 Å². The van der Waals surface area contributed by atoms with Crippen molar-refractivity contribution in [2.24, 2.45) is 5.73 Å². The summed E-state index contributed by atoms with van der Waals surface area (Å²) in [7, 11) is 0. The molecule has 0 rings (SSSR count). The molecule has 2 N–H and O–H groups in total. The summed E-state index contributed by atoms with van der Waals surface area (Å²) in [6.07, 6.45) is 1.25. The largest absolute Gasteiger partial charge is 1.00 e. The molecular weight excluding hydrogens is 47.0 g/mol. The fourth-order valence-corrected chi connectivity index (χ4v) is 0. The fourth-order valence-electron chi connectivity index (χ4n) is 0. The number of nitriles is 1. The Bertz CT molecular complexity index is 31.1. The van der Waals surface area contributed by atoms with Gasteiger partial charge in [-0.05, 0) is 0 Å². The average Bonchev–Trinajstić information content (AvgIpc) is 0.918. The summed E-state index contributed by atoms with van der Waals surface area (Å²) in [6, 6.07) is 0. The topological polar surface area (TPSA) is 49.8 Å². The van der Waals surface area contributed by atoms with Crippen molar-refractivity contribution >= 4 is 0 Å². The van der Waals surface area contributed by atoms with E-state index < -0.39 is 0 Å². The number of nitrogens with zero attached hydrogens (tertiary/aromatic N) is 1. The van der Waals surface area contributed by atoms with Crippen LogP contribution in [0.2, 0.25) is 0 Å². The molecule has 0 heterocycles. The molecule has 0 fully saturated rings. The maximum absolute atomic E-state index is 7.10. The van der Waals surface area contributed by atoms with Gasteiger partial charge >= 0.3 is 18.9 Å². The van der Waals surface area contributed by atoms with Crippen LogP contribution in [0.3, 0.4) is 0 Å². The second kappa shape index (κ2) is 13.1. The number of hydrogen-bond acceptors (Lipinski definition) is 2. The quantitative estimate of drug-likeness (QED) is 0.176. The molecule has 0 aliphatic rings. The summed E-state index contributed by atoms with van der Waals surface area (Å²) in [5, 5.41) is 7.10. The van der Waals surface area contributed by atoms with Crippen LogP contribution in [0.4, 0.5) is 0 Å². The molecule has 0 saturated heterocycles. The van der Waals surface area contributed by atoms with Gasteiger partial charge in [-0.1, -0.05) is 0 Å². The van der Waals surface area contributed by atoms with Crippen LogP contribution in [0, 0.1) is 11.5 Å². The van der Waals surface area contributed by atoms with Crippen molar-refractivity contribution in [3.63, 3.8) is 0 Å². The van der Waals surface area contributed by atoms with E-state index in [0.29, 0.717) is 0 Å². The van der Waals surface area contributed by atoms with E-state index in [1.165, 1.54) is 6.19 Å². The normalized spacial score (nSPS) is 1.75. The minimum Gasteiger partial charge on any atom is -1.00 e. The summed E-state index contributed by atoms with van der Waals surface area (Å²) in [5.74, 6) is 0. The van der Waals surface area contributed by atoms with Crippen molar-refractivity contribution < 1.29 is 20.3 Å². The molecule has 0 aromatic rings. The van der Waals surface area contributed by atoms with Crippen LogP contribution >= 0.6 is 0 Å². The molecular formula is CH3LiN2. The molecule has 0 aliphatic carbocycles. The van der Waals surface area contributed by atoms with Gasteiger partial charge in [0.2, 0.25) is 0 Å². The van der Waals surface area contributed by atoms with E-state index in [-0.39, 0.29) is 20.3 Å². The zero-order valence-corrected chi connectivity index (χ0v) is 2.52. The van der Waals surface area contributed by atoms with Gasteiger partial charge in [0.25, 0.3) is 0 Å². The second-order valence-corrected chi connectivity index (χ2v) is 0.129. The number of hydrogen-bond donors (Lipinski definition) is 1. The molecule has 0 saturated carbocycles. The molecule has 0 aliphatic heterocycles. The molecule has 0 bridgehead atoms. The predicted molar refractivity (Wildman–Crippen MR) is 10.9 cm³/mol. The van der Waals surface area contributed by atoms with Gasteiger partial charge in [0, 0.05) is 0 Å². The first-order valence-corrected chi connectivity index (χ1v) is 0.512. The van der Waals surface area contributed by atoms with Gasteiger partial charge in [-0.2, -0.15) is 5.26 Å². The predicted octanol–water partition coefficient (Wildman–Crippen LogP) is -3.46. The first kappa shape index (κ1) is 9.10. The molecule has 18 valence electrons. The van der Waals surface area contributed by atoms with Crippen LogP contribution in [-0.2, 0) is 0 Å². The fraction of sp³-hybridized carbons (Fsp3) is 0. The number of nitrogens with two attached hydrogens (primary N) is 1. The van der Waals surface area contributed by atoms with Gasteiger partial charge < -0.3 is 7.16 Å². The maximum Gasteiger partial charge on any atom is 1.00 e. The Balaban J connectivity index is -0.0000000200. The zero-order chi connectivity index (χ0) is 2.71. The van der Waals surface area contributed by atoms with E-state index in [9.17, 15) is 0 Å². The van der Waals surface area contributed by atoms with E-state index in [2.05, 4.69) is 5.73 Å². The molecule has 0 radical (unpaired) electrons. The van der Waals surface area contributed by atoms with Crippen molar-refractivity contribution in [3.8, 4) is 6.19 Å². The van der Waals surface area contributed by atoms with Crippen LogP contribution in [-0.4, -0.2) is 0 Å². The Morgan fingerprint density at radius 2 is 2.00 bits per heavy atom. The molecule has 0 unspecified atom stereocenters. The van der Waals surface area contributed by atoms with Crippen LogP contribution < -0.4 is 24.6 Å². The first-order valence-electron chi connectivity index (χ1n) is 0.512. The SMILES string of the molecule is N#CN.[H-].[Li+]. The first-order chi connectivity index (χ1) is 1.41. The Labute approximate surface area is 38.3 Å². The van der Waals surface area contributed by atoms with E-state index in [0.717, 1.165) is 0 Å². The van der Waals surface area contributed by atoms with Gasteiger partial charge in [0.15, 0.2) is 6.19 Å². The zero-order valence-electron chi connectivity index (χ0n) is 3.52. The third-order valence-electron chi connectivity index (χ3n) is 0. The van der Waals surface area contributed by atoms with Crippen LogP contribution in [0.1, 0.15) is 1.43 Å². The Kier molecular flexibility index (Phi) is 29.7. The monoisotopic (exact) mass is 50.0 g/mol. The summed E-state index contributed by atoms with van der Waals surface area (Å²) in [5.41, 5.74) is 4.15. The molecule has 0 aromatic carbocycles. The van der Waals surface area contributed by atoms with Crippen molar-refractivity contribution in [1.82, 2.24) is 0 Å². The molecule has 0 atom stereocenters. The smallest absolute Gasteiger partial charge is 1.00 e. The van der Waals surface area contributed by atoms with E-state index in [4.69, 9.17) is 5.26 Å². The molecule has 0 amide bonds. The van der Waals surface area contributed by atoms with Crippen molar-refractivity contribution in [1.29, 1.82) is 5.26 Å². The Morgan fingerprint density at radius 3 is 2.00 bits per heavy atom. The molecule has 0 aromatic heterocycles. The third kappa shape index (κ3) is 117. The van der Waals surface area contributed by atoms with Crippen molar-refractivity contribution in [2.45, 2.75) is 0 Å². The maximum atomic E-state index is 7.10. The molecule has 2 nitrogen and oxygen atoms in total. The standard InChI is InChI=1S/CH2N2.Li.H/c2-1-3;;/h2H2;;/q;+1;-1. The summed E-state index contributed by atoms with van der Waals surface area (Å²) in [6.45, 7) is 0. The van der Waals surface area contributed by atoms with Gasteiger partial charge in [0.1, 0.15) is 0 Å². The summed E-state index contributed by atoms with van der Waals surface area (Å²) < 4.78 is 0. The molecule has 3 heteroatoms. The van der Waals surface area contributed by atoms with Crippen molar-refractivity contribution in [2.75, 3.05) is 0 Å². The Hall–Kier alpha value is -0.113. The van der Waals surface area contributed by atoms with Gasteiger partial charge in [-0.25, -0.2) is 0 Å².